The molecule has 156 valence electrons. The second-order valence-electron chi connectivity index (χ2n) is 7.59. The summed E-state index contributed by atoms with van der Waals surface area (Å²) >= 11 is 7.81. The molecule has 0 bridgehead atoms. The molecule has 1 aromatic heterocycles. The minimum atomic E-state index is -0.0289. The third-order valence-corrected chi connectivity index (χ3v) is 6.49. The number of anilines is 1. The van der Waals surface area contributed by atoms with Crippen LogP contribution in [0.3, 0.4) is 0 Å². The number of para-hydroxylation sites is 1. The van der Waals surface area contributed by atoms with Gasteiger partial charge in [0, 0.05) is 43.7 Å². The number of carbonyl (C=O) groups is 1. The van der Waals surface area contributed by atoms with E-state index in [0.29, 0.717) is 17.3 Å². The van der Waals surface area contributed by atoms with E-state index in [9.17, 15) is 4.79 Å². The molecule has 1 amide bonds. The lowest BCUT2D eigenvalue weighted by Crippen LogP contribution is -2.48. The third kappa shape index (κ3) is 5.46. The van der Waals surface area contributed by atoms with Crippen LogP contribution in [0.15, 0.2) is 53.9 Å². The summed E-state index contributed by atoms with van der Waals surface area (Å²) in [6.07, 6.45) is 0. The minimum absolute atomic E-state index is 0.0289. The van der Waals surface area contributed by atoms with Gasteiger partial charge in [0.25, 0.3) is 0 Å². The van der Waals surface area contributed by atoms with Crippen molar-refractivity contribution in [2.75, 3.05) is 38.0 Å². The number of piperazine rings is 1. The number of nitrogens with zero attached hydrogens (tertiary/aromatic N) is 3. The lowest BCUT2D eigenvalue weighted by atomic mass is 10.2. The van der Waals surface area contributed by atoms with Gasteiger partial charge in [-0.15, -0.1) is 11.3 Å². The first-order valence-electron chi connectivity index (χ1n) is 10.1. The highest BCUT2D eigenvalue weighted by molar-refractivity contribution is 7.13. The number of nitrogens with one attached hydrogen (secondary N) is 1. The first kappa shape index (κ1) is 21.0. The highest BCUT2D eigenvalue weighted by atomic mass is 35.5. The molecular weight excluding hydrogens is 416 g/mol. The van der Waals surface area contributed by atoms with Crippen LogP contribution in [0, 0.1) is 6.92 Å². The van der Waals surface area contributed by atoms with Gasteiger partial charge in [0.1, 0.15) is 5.01 Å². The van der Waals surface area contributed by atoms with E-state index >= 15 is 0 Å². The molecule has 1 fully saturated rings. The van der Waals surface area contributed by atoms with Crippen LogP contribution < -0.4 is 5.32 Å². The molecule has 1 aliphatic rings. The van der Waals surface area contributed by atoms with Crippen molar-refractivity contribution < 1.29 is 4.79 Å². The zero-order valence-corrected chi connectivity index (χ0v) is 18.5. The summed E-state index contributed by atoms with van der Waals surface area (Å²) in [7, 11) is 0. The topological polar surface area (TPSA) is 48.5 Å². The van der Waals surface area contributed by atoms with Gasteiger partial charge in [-0.3, -0.25) is 14.6 Å². The number of aromatic nitrogens is 1. The van der Waals surface area contributed by atoms with Crippen molar-refractivity contribution in [3.05, 3.63) is 70.2 Å². The summed E-state index contributed by atoms with van der Waals surface area (Å²) in [5.41, 5.74) is 4.20. The molecule has 1 aliphatic heterocycles. The maximum atomic E-state index is 12.3. The average molecular weight is 441 g/mol. The summed E-state index contributed by atoms with van der Waals surface area (Å²) in [5, 5.41) is 6.68. The smallest absolute Gasteiger partial charge is 0.238 e. The number of hydrogen-bond acceptors (Lipinski definition) is 5. The Morgan fingerprint density at radius 1 is 1.07 bits per heavy atom. The fourth-order valence-corrected chi connectivity index (χ4v) is 4.50. The first-order chi connectivity index (χ1) is 14.6. The largest absolute Gasteiger partial charge is 0.324 e. The Bertz CT molecular complexity index is 996. The van der Waals surface area contributed by atoms with Gasteiger partial charge in [-0.05, 0) is 19.1 Å². The van der Waals surface area contributed by atoms with Crippen molar-refractivity contribution in [3.63, 3.8) is 0 Å². The van der Waals surface area contributed by atoms with Gasteiger partial charge in [0.05, 0.1) is 22.9 Å². The molecule has 3 aromatic rings. The Morgan fingerprint density at radius 2 is 1.77 bits per heavy atom. The molecule has 30 heavy (non-hydrogen) atoms. The van der Waals surface area contributed by atoms with Crippen LogP contribution in [-0.4, -0.2) is 53.4 Å². The van der Waals surface area contributed by atoms with E-state index in [4.69, 9.17) is 16.6 Å². The molecule has 7 heteroatoms. The van der Waals surface area contributed by atoms with Crippen molar-refractivity contribution in [2.24, 2.45) is 0 Å². The van der Waals surface area contributed by atoms with Crippen LogP contribution in [0.4, 0.5) is 5.69 Å². The molecule has 0 aliphatic carbocycles. The van der Waals surface area contributed by atoms with Gasteiger partial charge >= 0.3 is 0 Å². The number of thiazole rings is 1. The molecule has 4 rings (SSSR count). The Kier molecular flexibility index (Phi) is 6.79. The summed E-state index contributed by atoms with van der Waals surface area (Å²) in [4.78, 5) is 21.7. The van der Waals surface area contributed by atoms with Crippen LogP contribution in [0.1, 0.15) is 11.3 Å². The van der Waals surface area contributed by atoms with Crippen molar-refractivity contribution in [1.82, 2.24) is 14.8 Å². The van der Waals surface area contributed by atoms with Crippen molar-refractivity contribution >= 4 is 34.5 Å². The van der Waals surface area contributed by atoms with Crippen LogP contribution in [0.5, 0.6) is 0 Å². The normalized spacial score (nSPS) is 15.3. The molecular formula is C23H25ClN4OS. The highest BCUT2D eigenvalue weighted by Gasteiger charge is 2.20. The van der Waals surface area contributed by atoms with E-state index in [1.165, 1.54) is 11.1 Å². The van der Waals surface area contributed by atoms with Crippen molar-refractivity contribution in [3.8, 4) is 10.6 Å². The minimum Gasteiger partial charge on any atom is -0.324 e. The van der Waals surface area contributed by atoms with Gasteiger partial charge in [-0.2, -0.15) is 0 Å². The van der Waals surface area contributed by atoms with E-state index in [1.807, 2.05) is 18.2 Å². The Hall–Kier alpha value is -2.25. The molecule has 2 heterocycles. The zero-order valence-electron chi connectivity index (χ0n) is 17.0. The molecule has 1 saturated heterocycles. The molecule has 2 aromatic carbocycles. The first-order valence-corrected chi connectivity index (χ1v) is 11.3. The number of amides is 1. The lowest BCUT2D eigenvalue weighted by molar-refractivity contribution is -0.117. The lowest BCUT2D eigenvalue weighted by Gasteiger charge is -2.33. The molecule has 0 spiro atoms. The zero-order chi connectivity index (χ0) is 20.9. The van der Waals surface area contributed by atoms with Gasteiger partial charge in [-0.1, -0.05) is 53.6 Å². The monoisotopic (exact) mass is 440 g/mol. The van der Waals surface area contributed by atoms with Crippen molar-refractivity contribution in [2.45, 2.75) is 13.5 Å². The number of carbonyl (C=O) groups excluding carboxylic acids is 1. The summed E-state index contributed by atoms with van der Waals surface area (Å²) in [5.74, 6) is -0.0289. The standard InChI is InChI=1S/C23H25ClN4OS/c1-17-6-8-18(9-7-17)23-25-19(16-30-23)14-27-10-12-28(13-11-27)15-22(29)26-21-5-3-2-4-20(21)24/h2-9,16H,10-15H2,1H3,(H,26,29). The number of hydrogen-bond donors (Lipinski definition) is 1. The van der Waals surface area contributed by atoms with Gasteiger partial charge in [0.2, 0.25) is 5.91 Å². The molecule has 1 N–H and O–H groups in total. The van der Waals surface area contributed by atoms with Gasteiger partial charge < -0.3 is 5.32 Å². The van der Waals surface area contributed by atoms with Gasteiger partial charge in [0.15, 0.2) is 0 Å². The highest BCUT2D eigenvalue weighted by Crippen LogP contribution is 2.25. The number of aryl methyl sites for hydroxylation is 1. The van der Waals surface area contributed by atoms with E-state index < -0.39 is 0 Å². The number of benzene rings is 2. The maximum Gasteiger partial charge on any atom is 0.238 e. The molecule has 0 unspecified atom stereocenters. The Morgan fingerprint density at radius 3 is 2.50 bits per heavy atom. The van der Waals surface area contributed by atoms with E-state index in [0.717, 1.165) is 43.4 Å². The number of rotatable bonds is 6. The summed E-state index contributed by atoms with van der Waals surface area (Å²) in [6, 6.07) is 15.8. The second-order valence-corrected chi connectivity index (χ2v) is 8.86. The number of halogens is 1. The Labute approximate surface area is 186 Å². The van der Waals surface area contributed by atoms with E-state index in [2.05, 4.69) is 51.7 Å². The Balaban J connectivity index is 1.24. The molecule has 0 atom stereocenters. The van der Waals surface area contributed by atoms with Crippen LogP contribution in [0.2, 0.25) is 5.02 Å². The average Bonchev–Trinajstić information content (AvgIpc) is 3.20. The predicted octanol–water partition coefficient (Wildman–Crippen LogP) is 4.53. The van der Waals surface area contributed by atoms with Crippen molar-refractivity contribution in [1.29, 1.82) is 0 Å². The quantitative estimate of drug-likeness (QED) is 0.611. The molecule has 5 nitrogen and oxygen atoms in total. The maximum absolute atomic E-state index is 12.3. The van der Waals surface area contributed by atoms with Gasteiger partial charge in [-0.25, -0.2) is 4.98 Å². The fourth-order valence-electron chi connectivity index (χ4n) is 3.50. The van der Waals surface area contributed by atoms with Crippen LogP contribution >= 0.6 is 22.9 Å². The SMILES string of the molecule is Cc1ccc(-c2nc(CN3CCN(CC(=O)Nc4ccccc4Cl)CC3)cs2)cc1. The molecule has 0 saturated carbocycles. The summed E-state index contributed by atoms with van der Waals surface area (Å²) in [6.45, 7) is 6.91. The van der Waals surface area contributed by atoms with E-state index in [1.54, 1.807) is 17.4 Å². The predicted molar refractivity (Wildman–Crippen MR) is 124 cm³/mol. The van der Waals surface area contributed by atoms with Crippen LogP contribution in [-0.2, 0) is 11.3 Å². The second kappa shape index (κ2) is 9.71. The van der Waals surface area contributed by atoms with E-state index in [-0.39, 0.29) is 5.91 Å². The molecule has 0 radical (unpaired) electrons. The fraction of sp³-hybridized carbons (Fsp3) is 0.304. The summed E-state index contributed by atoms with van der Waals surface area (Å²) < 4.78 is 0. The van der Waals surface area contributed by atoms with Crippen LogP contribution in [0.25, 0.3) is 10.6 Å². The third-order valence-electron chi connectivity index (χ3n) is 5.22.